The molecule has 0 atom stereocenters. The van der Waals surface area contributed by atoms with E-state index < -0.39 is 16.3 Å². The van der Waals surface area contributed by atoms with Gasteiger partial charge in [-0.05, 0) is 18.2 Å². The number of carbonyl (C=O) groups is 1. The molecule has 0 heterocycles. The first-order valence-corrected chi connectivity index (χ1v) is 7.22. The molecule has 0 aliphatic carbocycles. The number of halogens is 1. The Bertz CT molecular complexity index is 646. The topological polar surface area (TPSA) is 143 Å². The molecule has 20 heavy (non-hydrogen) atoms. The zero-order chi connectivity index (χ0) is 15.3. The number of nitrogens with zero attached hydrogens (tertiary/aromatic N) is 1. The summed E-state index contributed by atoms with van der Waals surface area (Å²) in [5.74, 6) is -0.304. The minimum atomic E-state index is -4.21. The number of ether oxygens (including phenoxy) is 1. The van der Waals surface area contributed by atoms with Gasteiger partial charge in [0.05, 0.1) is 12.8 Å². The van der Waals surface area contributed by atoms with Crippen molar-refractivity contribution in [2.75, 3.05) is 11.8 Å². The first-order valence-electron chi connectivity index (χ1n) is 4.95. The maximum absolute atomic E-state index is 11.6. The van der Waals surface area contributed by atoms with Crippen LogP contribution in [0.25, 0.3) is 0 Å². The minimum Gasteiger partial charge on any atom is -0.452 e. The van der Waals surface area contributed by atoms with Gasteiger partial charge < -0.3 is 15.7 Å². The maximum Gasteiger partial charge on any atom is 0.422 e. The molecule has 110 valence electrons. The molecule has 0 fully saturated rings. The van der Waals surface area contributed by atoms with Crippen LogP contribution in [0.2, 0.25) is 0 Å². The molecule has 0 aromatic heterocycles. The second-order valence-corrected chi connectivity index (χ2v) is 5.71. The quantitative estimate of drug-likeness (QED) is 0.265. The van der Waals surface area contributed by atoms with Gasteiger partial charge in [0.15, 0.2) is 5.84 Å². The Labute approximate surface area is 123 Å². The van der Waals surface area contributed by atoms with Crippen LogP contribution in [-0.4, -0.2) is 32.7 Å². The summed E-state index contributed by atoms with van der Waals surface area (Å²) in [6.45, 7) is 0. The lowest BCUT2D eigenvalue weighted by Gasteiger charge is -2.12. The third kappa shape index (κ3) is 4.28. The van der Waals surface area contributed by atoms with Crippen molar-refractivity contribution < 1.29 is 23.2 Å². The summed E-state index contributed by atoms with van der Waals surface area (Å²) in [5.41, 5.74) is 5.58. The lowest BCUT2D eigenvalue weighted by molar-refractivity contribution is 0.177. The van der Waals surface area contributed by atoms with Gasteiger partial charge in [-0.1, -0.05) is 21.1 Å². The van der Waals surface area contributed by atoms with E-state index in [2.05, 4.69) is 30.5 Å². The van der Waals surface area contributed by atoms with Crippen LogP contribution in [0.3, 0.4) is 0 Å². The van der Waals surface area contributed by atoms with E-state index in [-0.39, 0.29) is 17.1 Å². The fourth-order valence-corrected chi connectivity index (χ4v) is 2.38. The first kappa shape index (κ1) is 16.0. The number of benzene rings is 1. The molecule has 9 nitrogen and oxygen atoms in total. The van der Waals surface area contributed by atoms with Crippen molar-refractivity contribution in [2.24, 2.45) is 10.9 Å². The highest BCUT2D eigenvalue weighted by atomic mass is 79.9. The molecule has 0 spiro atoms. The molecule has 0 aliphatic heterocycles. The van der Waals surface area contributed by atoms with Gasteiger partial charge in [0.2, 0.25) is 0 Å². The Balaban J connectivity index is 3.12. The normalized spacial score (nSPS) is 11.8. The number of amidine groups is 1. The zero-order valence-corrected chi connectivity index (χ0v) is 12.5. The van der Waals surface area contributed by atoms with Gasteiger partial charge in [0, 0.05) is 10.0 Å². The van der Waals surface area contributed by atoms with Gasteiger partial charge in [0.25, 0.3) is 0 Å². The molecule has 5 N–H and O–H groups in total. The molecule has 0 saturated carbocycles. The van der Waals surface area contributed by atoms with E-state index in [0.29, 0.717) is 4.47 Å². The molecule has 0 unspecified atom stereocenters. The van der Waals surface area contributed by atoms with Gasteiger partial charge in [-0.2, -0.15) is 8.42 Å². The van der Waals surface area contributed by atoms with Crippen LogP contribution in [0, 0.1) is 0 Å². The zero-order valence-electron chi connectivity index (χ0n) is 10.1. The Hall–Kier alpha value is -2.01. The molecule has 1 aromatic rings. The predicted octanol–water partition coefficient (Wildman–Crippen LogP) is 0.556. The number of nitrogens with two attached hydrogens (primary N) is 1. The van der Waals surface area contributed by atoms with Crippen LogP contribution in [-0.2, 0) is 14.9 Å². The Morgan fingerprint density at radius 2 is 2.15 bits per heavy atom. The van der Waals surface area contributed by atoms with Gasteiger partial charge in [0.1, 0.15) is 0 Å². The highest BCUT2D eigenvalue weighted by molar-refractivity contribution is 9.10. The van der Waals surface area contributed by atoms with Crippen LogP contribution in [0.15, 0.2) is 27.8 Å². The average molecular weight is 367 g/mol. The fraction of sp³-hybridized carbons (Fsp3) is 0.111. The largest absolute Gasteiger partial charge is 0.452 e. The van der Waals surface area contributed by atoms with Crippen LogP contribution < -0.4 is 15.2 Å². The number of amides is 1. The summed E-state index contributed by atoms with van der Waals surface area (Å²) >= 11 is 3.17. The minimum absolute atomic E-state index is 0.0138. The van der Waals surface area contributed by atoms with Crippen LogP contribution in [0.1, 0.15) is 5.56 Å². The number of rotatable bonds is 4. The van der Waals surface area contributed by atoms with Gasteiger partial charge in [-0.15, -0.1) is 0 Å². The molecular weight excluding hydrogens is 356 g/mol. The smallest absolute Gasteiger partial charge is 0.422 e. The molecule has 1 rings (SSSR count). The van der Waals surface area contributed by atoms with E-state index in [0.717, 1.165) is 7.11 Å². The van der Waals surface area contributed by atoms with Crippen molar-refractivity contribution in [3.05, 3.63) is 28.2 Å². The first-order chi connectivity index (χ1) is 9.29. The van der Waals surface area contributed by atoms with E-state index in [4.69, 9.17) is 10.9 Å². The summed E-state index contributed by atoms with van der Waals surface area (Å²) in [5, 5.41) is 11.5. The number of methoxy groups -OCH3 is 1. The van der Waals surface area contributed by atoms with E-state index in [1.165, 1.54) is 18.2 Å². The van der Waals surface area contributed by atoms with Crippen molar-refractivity contribution in [1.29, 1.82) is 0 Å². The SMILES string of the molecule is COC(=O)NS(=O)(=O)Nc1ccc(Br)cc1/C(N)=N/O. The highest BCUT2D eigenvalue weighted by Gasteiger charge is 2.17. The van der Waals surface area contributed by atoms with Crippen molar-refractivity contribution in [3.63, 3.8) is 0 Å². The number of hydrogen-bond acceptors (Lipinski definition) is 6. The highest BCUT2D eigenvalue weighted by Crippen LogP contribution is 2.21. The summed E-state index contributed by atoms with van der Waals surface area (Å²) in [7, 11) is -3.18. The maximum atomic E-state index is 11.6. The summed E-state index contributed by atoms with van der Waals surface area (Å²) in [6.07, 6.45) is -1.15. The lowest BCUT2D eigenvalue weighted by atomic mass is 10.2. The Morgan fingerprint density at radius 1 is 1.50 bits per heavy atom. The van der Waals surface area contributed by atoms with Crippen LogP contribution in [0.4, 0.5) is 10.5 Å². The second-order valence-electron chi connectivity index (χ2n) is 3.37. The van der Waals surface area contributed by atoms with Crippen molar-refractivity contribution in [3.8, 4) is 0 Å². The van der Waals surface area contributed by atoms with Gasteiger partial charge in [-0.3, -0.25) is 4.72 Å². The van der Waals surface area contributed by atoms with E-state index in [9.17, 15) is 13.2 Å². The van der Waals surface area contributed by atoms with Crippen LogP contribution in [0.5, 0.6) is 0 Å². The van der Waals surface area contributed by atoms with Gasteiger partial charge >= 0.3 is 16.3 Å². The van der Waals surface area contributed by atoms with E-state index in [1.807, 2.05) is 0 Å². The summed E-state index contributed by atoms with van der Waals surface area (Å²) in [4.78, 5) is 10.9. The van der Waals surface area contributed by atoms with E-state index >= 15 is 0 Å². The van der Waals surface area contributed by atoms with Crippen molar-refractivity contribution >= 4 is 43.8 Å². The molecule has 11 heteroatoms. The standard InChI is InChI=1S/C9H11BrN4O5S/c1-19-9(15)14-20(17,18)13-7-3-2-5(10)4-6(7)8(11)12-16/h2-4,13,16H,1H3,(H2,11,12)(H,14,15). The number of hydrogen-bond donors (Lipinski definition) is 4. The third-order valence-corrected chi connectivity index (χ3v) is 3.43. The number of carbonyl (C=O) groups excluding carboxylic acids is 1. The molecule has 1 amide bonds. The monoisotopic (exact) mass is 366 g/mol. The molecule has 0 bridgehead atoms. The van der Waals surface area contributed by atoms with Crippen LogP contribution >= 0.6 is 15.9 Å². The van der Waals surface area contributed by atoms with E-state index in [1.54, 1.807) is 4.72 Å². The molecule has 0 saturated heterocycles. The molecule has 1 aromatic carbocycles. The van der Waals surface area contributed by atoms with Crippen molar-refractivity contribution in [1.82, 2.24) is 4.72 Å². The Morgan fingerprint density at radius 3 is 2.70 bits per heavy atom. The third-order valence-electron chi connectivity index (χ3n) is 2.01. The number of anilines is 1. The molecule has 0 aliphatic rings. The average Bonchev–Trinajstić information content (AvgIpc) is 2.39. The number of oxime groups is 1. The number of nitrogens with one attached hydrogen (secondary N) is 2. The predicted molar refractivity (Wildman–Crippen MR) is 74.7 cm³/mol. The summed E-state index contributed by atoms with van der Waals surface area (Å²) in [6, 6.07) is 4.34. The lowest BCUT2D eigenvalue weighted by Crippen LogP contribution is -2.35. The Kier molecular flexibility index (Phi) is 5.16. The fourth-order valence-electron chi connectivity index (χ4n) is 1.19. The van der Waals surface area contributed by atoms with Gasteiger partial charge in [-0.25, -0.2) is 9.52 Å². The molecule has 0 radical (unpaired) electrons. The second kappa shape index (κ2) is 6.43. The van der Waals surface area contributed by atoms with Crippen molar-refractivity contribution in [2.45, 2.75) is 0 Å². The molecular formula is C9H11BrN4O5S. The summed E-state index contributed by atoms with van der Waals surface area (Å²) < 4.78 is 31.7.